The third-order valence-electron chi connectivity index (χ3n) is 1.02. The summed E-state index contributed by atoms with van der Waals surface area (Å²) in [5, 5.41) is 29.6. The highest BCUT2D eigenvalue weighted by Crippen LogP contribution is 1.77. The highest BCUT2D eigenvalue weighted by molar-refractivity contribution is 8.11. The number of aromatic nitrogens is 8. The minimum atomic E-state index is 0.437. The van der Waals surface area contributed by atoms with Gasteiger partial charge in [-0.1, -0.05) is 24.4 Å². The van der Waals surface area contributed by atoms with E-state index in [1.165, 1.54) is 12.7 Å². The number of hydrogen-bond donors (Lipinski definition) is 6. The summed E-state index contributed by atoms with van der Waals surface area (Å²) >= 11 is 16.8. The zero-order valence-corrected chi connectivity index (χ0v) is 12.7. The van der Waals surface area contributed by atoms with Crippen molar-refractivity contribution in [3.63, 3.8) is 0 Å². The molecule has 2 aromatic heterocycles. The van der Waals surface area contributed by atoms with Gasteiger partial charge in [0, 0.05) is 0 Å². The van der Waals surface area contributed by atoms with E-state index >= 15 is 0 Å². The third-order valence-corrected chi connectivity index (χ3v) is 1.62. The molecule has 0 unspecified atom stereocenters. The molecule has 19 heavy (non-hydrogen) atoms. The van der Waals surface area contributed by atoms with Gasteiger partial charge >= 0.3 is 0 Å². The molecule has 2 heterocycles. The quantitative estimate of drug-likeness (QED) is 0.229. The summed E-state index contributed by atoms with van der Waals surface area (Å²) in [5.41, 5.74) is 0. The van der Waals surface area contributed by atoms with E-state index < -0.39 is 0 Å². The van der Waals surface area contributed by atoms with E-state index in [0.717, 1.165) is 0 Å². The van der Waals surface area contributed by atoms with Crippen molar-refractivity contribution in [3.05, 3.63) is 12.7 Å². The van der Waals surface area contributed by atoms with Gasteiger partial charge in [-0.25, -0.2) is 10.2 Å². The molecule has 0 aliphatic rings. The highest BCUT2D eigenvalue weighted by Gasteiger charge is 1.85. The number of hydrogen-bond acceptors (Lipinski definition) is 8. The molecule has 0 aliphatic carbocycles. The van der Waals surface area contributed by atoms with Crippen molar-refractivity contribution in [2.24, 2.45) is 0 Å². The SMILES string of the molecule is S=C(S)NCNC(=S)S.c1nnn[nH]1.c1nnn[nH]1. The second-order valence-electron chi connectivity index (χ2n) is 2.27. The lowest BCUT2D eigenvalue weighted by Crippen LogP contribution is -2.31. The first kappa shape index (κ1) is 17.6. The maximum absolute atomic E-state index is 4.59. The number of H-pyrrole nitrogens is 2. The number of rotatable bonds is 2. The molecule has 4 N–H and O–H groups in total. The summed E-state index contributed by atoms with van der Waals surface area (Å²) < 4.78 is 0.874. The van der Waals surface area contributed by atoms with Crippen molar-refractivity contribution in [3.8, 4) is 0 Å². The van der Waals surface area contributed by atoms with E-state index in [0.29, 0.717) is 15.3 Å². The van der Waals surface area contributed by atoms with Gasteiger partial charge in [0.2, 0.25) is 0 Å². The maximum Gasteiger partial charge on any atom is 0.135 e. The van der Waals surface area contributed by atoms with Crippen molar-refractivity contribution >= 4 is 58.3 Å². The second kappa shape index (κ2) is 13.1. The van der Waals surface area contributed by atoms with Gasteiger partial charge in [0.1, 0.15) is 21.3 Å². The van der Waals surface area contributed by atoms with Gasteiger partial charge in [0.05, 0.1) is 6.67 Å². The predicted octanol–water partition coefficient (Wildman–Crippen LogP) is -1.05. The Morgan fingerprint density at radius 1 is 0.947 bits per heavy atom. The van der Waals surface area contributed by atoms with E-state index in [1.807, 2.05) is 0 Å². The number of thiocarbonyl (C=S) groups is 2. The Balaban J connectivity index is 0.000000273. The van der Waals surface area contributed by atoms with Crippen LogP contribution in [0.25, 0.3) is 0 Å². The van der Waals surface area contributed by atoms with E-state index in [1.54, 1.807) is 0 Å². The van der Waals surface area contributed by atoms with Crippen LogP contribution in [0.5, 0.6) is 0 Å². The normalized spacial score (nSPS) is 8.11. The van der Waals surface area contributed by atoms with Gasteiger partial charge in [0.15, 0.2) is 0 Å². The molecule has 10 nitrogen and oxygen atoms in total. The molecule has 2 rings (SSSR count). The first-order valence-corrected chi connectivity index (χ1v) is 6.11. The van der Waals surface area contributed by atoms with Crippen LogP contribution >= 0.6 is 49.7 Å². The lowest BCUT2D eigenvalue weighted by molar-refractivity contribution is 0.862. The van der Waals surface area contributed by atoms with Crippen LogP contribution in [-0.4, -0.2) is 56.6 Å². The number of tetrazole rings is 2. The van der Waals surface area contributed by atoms with Gasteiger partial charge in [-0.2, -0.15) is 0 Å². The molecule has 2 aromatic rings. The summed E-state index contributed by atoms with van der Waals surface area (Å²) in [4.78, 5) is 0. The molecule has 0 spiro atoms. The molecule has 0 aromatic carbocycles. The van der Waals surface area contributed by atoms with Crippen LogP contribution in [0.4, 0.5) is 0 Å². The predicted molar refractivity (Wildman–Crippen MR) is 82.7 cm³/mol. The Labute approximate surface area is 129 Å². The largest absolute Gasteiger partial charge is 0.354 e. The molecule has 0 amide bonds. The van der Waals surface area contributed by atoms with E-state index in [9.17, 15) is 0 Å². The van der Waals surface area contributed by atoms with E-state index in [4.69, 9.17) is 0 Å². The van der Waals surface area contributed by atoms with Crippen molar-refractivity contribution < 1.29 is 0 Å². The first-order valence-electron chi connectivity index (χ1n) is 4.40. The van der Waals surface area contributed by atoms with E-state index in [2.05, 4.69) is 102 Å². The molecular formula is C5H10N10S4. The molecule has 0 saturated heterocycles. The fourth-order valence-electron chi connectivity index (χ4n) is 0.454. The zero-order chi connectivity index (χ0) is 14.3. The molecule has 0 bridgehead atoms. The highest BCUT2D eigenvalue weighted by atomic mass is 32.1. The van der Waals surface area contributed by atoms with Gasteiger partial charge in [-0.15, -0.1) is 35.5 Å². The van der Waals surface area contributed by atoms with Crippen LogP contribution in [-0.2, 0) is 0 Å². The Morgan fingerprint density at radius 3 is 1.53 bits per heavy atom. The number of nitrogens with one attached hydrogen (secondary N) is 4. The molecule has 0 fully saturated rings. The zero-order valence-electron chi connectivity index (χ0n) is 9.26. The molecule has 0 radical (unpaired) electrons. The van der Waals surface area contributed by atoms with Crippen LogP contribution < -0.4 is 10.6 Å². The number of thiol groups is 2. The van der Waals surface area contributed by atoms with Crippen LogP contribution in [0.15, 0.2) is 12.7 Å². The molecule has 14 heteroatoms. The van der Waals surface area contributed by atoms with Gasteiger partial charge in [-0.05, 0) is 20.9 Å². The fourth-order valence-corrected chi connectivity index (χ4v) is 0.756. The number of aromatic amines is 2. The molecule has 104 valence electrons. The second-order valence-corrected chi connectivity index (χ2v) is 4.58. The van der Waals surface area contributed by atoms with Crippen molar-refractivity contribution in [1.29, 1.82) is 0 Å². The summed E-state index contributed by atoms with van der Waals surface area (Å²) in [6, 6.07) is 0. The summed E-state index contributed by atoms with van der Waals surface area (Å²) in [6.07, 6.45) is 2.81. The van der Waals surface area contributed by atoms with Crippen molar-refractivity contribution in [1.82, 2.24) is 51.9 Å². The standard InChI is InChI=1S/C3H6N2S4.2CH2N4/c6-2(7)4-1-5-3(8)9;2*1-2-4-5-3-1/h1H2,(H2,4,6,7)(H2,5,8,9);2*1H,(H,2,3,4,5). The monoisotopic (exact) mass is 338 g/mol. The maximum atomic E-state index is 4.59. The summed E-state index contributed by atoms with van der Waals surface area (Å²) in [7, 11) is 0. The van der Waals surface area contributed by atoms with Crippen LogP contribution in [0.2, 0.25) is 0 Å². The van der Waals surface area contributed by atoms with Gasteiger partial charge in [0.25, 0.3) is 0 Å². The fraction of sp³-hybridized carbons (Fsp3) is 0.200. The third kappa shape index (κ3) is 16.6. The van der Waals surface area contributed by atoms with Crippen LogP contribution in [0, 0.1) is 0 Å². The minimum absolute atomic E-state index is 0.437. The Morgan fingerprint density at radius 2 is 1.37 bits per heavy atom. The molecule has 0 atom stereocenters. The molecular weight excluding hydrogens is 328 g/mol. The average molecular weight is 338 g/mol. The van der Waals surface area contributed by atoms with Crippen molar-refractivity contribution in [2.75, 3.05) is 6.67 Å². The van der Waals surface area contributed by atoms with Gasteiger partial charge < -0.3 is 10.6 Å². The topological polar surface area (TPSA) is 133 Å². The molecule has 0 saturated carbocycles. The first-order chi connectivity index (χ1) is 9.13. The molecule has 0 aliphatic heterocycles. The Kier molecular flexibility index (Phi) is 12.1. The average Bonchev–Trinajstić information content (AvgIpc) is 3.08. The number of nitrogens with zero attached hydrogens (tertiary/aromatic N) is 6. The summed E-state index contributed by atoms with van der Waals surface area (Å²) in [6.45, 7) is 0.477. The lowest BCUT2D eigenvalue weighted by atomic mass is 11.0. The minimum Gasteiger partial charge on any atom is -0.354 e. The van der Waals surface area contributed by atoms with Crippen molar-refractivity contribution in [2.45, 2.75) is 0 Å². The smallest absolute Gasteiger partial charge is 0.135 e. The van der Waals surface area contributed by atoms with Crippen LogP contribution in [0.3, 0.4) is 0 Å². The summed E-state index contributed by atoms with van der Waals surface area (Å²) in [5.74, 6) is 0. The van der Waals surface area contributed by atoms with Crippen LogP contribution in [0.1, 0.15) is 0 Å². The Bertz CT molecular complexity index is 340. The Hall–Kier alpha value is -1.38. The lowest BCUT2D eigenvalue weighted by Gasteiger charge is -2.02. The van der Waals surface area contributed by atoms with E-state index in [-0.39, 0.29) is 0 Å². The van der Waals surface area contributed by atoms with Gasteiger partial charge in [-0.3, -0.25) is 0 Å².